The van der Waals surface area contributed by atoms with E-state index in [0.29, 0.717) is 16.6 Å². The van der Waals surface area contributed by atoms with Crippen LogP contribution in [0.3, 0.4) is 0 Å². The van der Waals surface area contributed by atoms with Crippen molar-refractivity contribution >= 4 is 17.8 Å². The maximum absolute atomic E-state index is 13.4. The Bertz CT molecular complexity index is 968. The predicted octanol–water partition coefficient (Wildman–Crippen LogP) is 2.24. The van der Waals surface area contributed by atoms with Crippen molar-refractivity contribution in [2.75, 3.05) is 31.5 Å². The Balaban J connectivity index is 1.28. The van der Waals surface area contributed by atoms with Crippen LogP contribution in [0, 0.1) is 11.8 Å². The third-order valence-electron chi connectivity index (χ3n) is 7.81. The molecule has 9 heteroatoms. The van der Waals surface area contributed by atoms with Gasteiger partial charge in [0.05, 0.1) is 25.6 Å². The van der Waals surface area contributed by atoms with Crippen molar-refractivity contribution in [2.24, 2.45) is 11.8 Å². The highest BCUT2D eigenvalue weighted by Gasteiger charge is 2.53. The van der Waals surface area contributed by atoms with Gasteiger partial charge < -0.3 is 18.7 Å². The summed E-state index contributed by atoms with van der Waals surface area (Å²) < 4.78 is 11.8. The second-order valence-corrected chi connectivity index (χ2v) is 9.79. The van der Waals surface area contributed by atoms with Crippen LogP contribution < -0.4 is 5.32 Å². The van der Waals surface area contributed by atoms with Crippen molar-refractivity contribution in [3.8, 4) is 0 Å². The molecule has 2 atom stereocenters. The number of piperidine rings is 3. The Morgan fingerprint density at radius 1 is 1.18 bits per heavy atom. The van der Waals surface area contributed by atoms with Gasteiger partial charge in [-0.2, -0.15) is 0 Å². The molecule has 9 nitrogen and oxygen atoms in total. The fourth-order valence-corrected chi connectivity index (χ4v) is 5.98. The highest BCUT2D eigenvalue weighted by Crippen LogP contribution is 2.43. The second-order valence-electron chi connectivity index (χ2n) is 9.79. The summed E-state index contributed by atoms with van der Waals surface area (Å²) in [7, 11) is 0. The topological polar surface area (TPSA) is 115 Å². The number of furan rings is 1. The number of carbonyl (C=O) groups is 2. The van der Waals surface area contributed by atoms with E-state index in [-0.39, 0.29) is 36.3 Å². The normalized spacial score (nSPS) is 28.9. The van der Waals surface area contributed by atoms with E-state index in [0.717, 1.165) is 51.6 Å². The molecule has 2 bridgehead atoms. The predicted molar refractivity (Wildman–Crippen MR) is 118 cm³/mol. The number of quaternary nitrogens is 1. The zero-order valence-electron chi connectivity index (χ0n) is 18.7. The number of aromatic nitrogens is 2. The number of nitrogens with zero attached hydrogens (tertiary/aromatic N) is 3. The first-order valence-electron chi connectivity index (χ1n) is 11.9. The first kappa shape index (κ1) is 22.0. The molecule has 176 valence electrons. The molecule has 1 amide bonds. The highest BCUT2D eigenvalue weighted by molar-refractivity contribution is 5.89. The molecule has 5 heterocycles. The van der Waals surface area contributed by atoms with Gasteiger partial charge in [-0.05, 0) is 25.0 Å². The summed E-state index contributed by atoms with van der Waals surface area (Å²) in [5, 5.41) is 14.4. The zero-order valence-corrected chi connectivity index (χ0v) is 18.7. The average molecular weight is 456 g/mol. The molecule has 33 heavy (non-hydrogen) atoms. The lowest BCUT2D eigenvalue weighted by Crippen LogP contribution is -2.66. The number of esters is 1. The molecule has 3 saturated heterocycles. The van der Waals surface area contributed by atoms with Crippen LogP contribution in [0.5, 0.6) is 0 Å². The molecular formula is C24H31N4O5+. The first-order chi connectivity index (χ1) is 16.0. The lowest BCUT2D eigenvalue weighted by molar-refractivity contribution is -0.939. The molecule has 4 fully saturated rings. The number of hydrogen-bond acceptors (Lipinski definition) is 7. The van der Waals surface area contributed by atoms with Crippen LogP contribution >= 0.6 is 0 Å². The lowest BCUT2D eigenvalue weighted by atomic mass is 9.80. The van der Waals surface area contributed by atoms with E-state index in [1.54, 1.807) is 24.5 Å². The smallest absolute Gasteiger partial charge is 0.343 e. The molecule has 4 aliphatic rings. The summed E-state index contributed by atoms with van der Waals surface area (Å²) in [4.78, 5) is 34.3. The largest absolute Gasteiger partial charge is 0.472 e. The molecule has 0 aromatic carbocycles. The molecule has 2 aromatic rings. The van der Waals surface area contributed by atoms with Crippen LogP contribution in [-0.2, 0) is 19.9 Å². The minimum atomic E-state index is -1.69. The Hall–Kier alpha value is -2.78. The summed E-state index contributed by atoms with van der Waals surface area (Å²) in [6.45, 7) is 2.60. The summed E-state index contributed by atoms with van der Waals surface area (Å²) in [5.41, 5.74) is -1.23. The van der Waals surface area contributed by atoms with Gasteiger partial charge in [0.2, 0.25) is 5.95 Å². The quantitative estimate of drug-likeness (QED) is 0.486. The van der Waals surface area contributed by atoms with E-state index < -0.39 is 11.6 Å². The number of fused-ring (bicyclic) bond motifs is 3. The minimum absolute atomic E-state index is 0.146. The number of hydrogen-bond donors (Lipinski definition) is 2. The van der Waals surface area contributed by atoms with Crippen LogP contribution in [0.15, 0.2) is 41.5 Å². The maximum atomic E-state index is 13.4. The number of ether oxygens (including phenoxy) is 1. The van der Waals surface area contributed by atoms with Gasteiger partial charge in [-0.1, -0.05) is 12.8 Å². The van der Waals surface area contributed by atoms with Crippen LogP contribution in [0.2, 0.25) is 0 Å². The molecule has 2 aromatic heterocycles. The standard InChI is InChI=1S/C24H30N4O5/c29-21(27-23-25-9-3-10-26-23)15-28-11-6-17(7-12-28)20(14-28)33-22(30)24(31,18-4-1-2-5-18)19-8-13-32-16-19/h3,8-10,13,16-18,20,31H,1-2,4-7,11-12,14-15H2/p+1/t17?,20?,24-,28?/m1/s1. The third kappa shape index (κ3) is 4.27. The van der Waals surface area contributed by atoms with Crippen LogP contribution in [0.25, 0.3) is 0 Å². The first-order valence-corrected chi connectivity index (χ1v) is 11.9. The molecule has 1 saturated carbocycles. The number of rotatable bonds is 7. The molecule has 6 rings (SSSR count). The fourth-order valence-electron chi connectivity index (χ4n) is 5.98. The number of anilines is 1. The Morgan fingerprint density at radius 3 is 2.58 bits per heavy atom. The van der Waals surface area contributed by atoms with Gasteiger partial charge in [0.25, 0.3) is 5.91 Å². The van der Waals surface area contributed by atoms with Gasteiger partial charge in [-0.15, -0.1) is 0 Å². The molecular weight excluding hydrogens is 424 g/mol. The molecule has 2 N–H and O–H groups in total. The number of amides is 1. The van der Waals surface area contributed by atoms with Gasteiger partial charge in [0, 0.05) is 42.6 Å². The molecule has 0 radical (unpaired) electrons. The Labute approximate surface area is 192 Å². The SMILES string of the molecule is O=C(C[N+]12CCC(CC1)C(OC(=O)[C@](O)(c1ccoc1)C1CCCC1)C2)Nc1ncccn1. The van der Waals surface area contributed by atoms with Crippen molar-refractivity contribution in [3.05, 3.63) is 42.6 Å². The van der Waals surface area contributed by atoms with Gasteiger partial charge in [0.15, 0.2) is 18.2 Å². The van der Waals surface area contributed by atoms with E-state index in [1.807, 2.05) is 0 Å². The molecule has 1 aliphatic carbocycles. The molecule has 1 unspecified atom stereocenters. The highest BCUT2D eigenvalue weighted by atomic mass is 16.6. The van der Waals surface area contributed by atoms with Crippen molar-refractivity contribution in [2.45, 2.75) is 50.2 Å². The van der Waals surface area contributed by atoms with E-state index in [1.165, 1.54) is 12.5 Å². The van der Waals surface area contributed by atoms with Crippen LogP contribution in [0.4, 0.5) is 5.95 Å². The fraction of sp³-hybridized carbons (Fsp3) is 0.583. The van der Waals surface area contributed by atoms with Crippen molar-refractivity contribution in [1.82, 2.24) is 9.97 Å². The number of nitrogens with one attached hydrogen (secondary N) is 1. The molecule has 3 aliphatic heterocycles. The number of aliphatic hydroxyl groups is 1. The van der Waals surface area contributed by atoms with E-state index in [2.05, 4.69) is 15.3 Å². The van der Waals surface area contributed by atoms with Crippen LogP contribution in [0.1, 0.15) is 44.1 Å². The average Bonchev–Trinajstić information content (AvgIpc) is 3.54. The van der Waals surface area contributed by atoms with Crippen molar-refractivity contribution < 1.29 is 28.3 Å². The number of carbonyl (C=O) groups excluding carboxylic acids is 2. The zero-order chi connectivity index (χ0) is 22.9. The van der Waals surface area contributed by atoms with Crippen LogP contribution in [-0.4, -0.2) is 63.7 Å². The molecule has 0 spiro atoms. The summed E-state index contributed by atoms with van der Waals surface area (Å²) in [5.74, 6) is -0.366. The second kappa shape index (κ2) is 8.87. The van der Waals surface area contributed by atoms with Gasteiger partial charge in [-0.3, -0.25) is 10.1 Å². The summed E-state index contributed by atoms with van der Waals surface area (Å²) in [6, 6.07) is 3.35. The van der Waals surface area contributed by atoms with E-state index >= 15 is 0 Å². The maximum Gasteiger partial charge on any atom is 0.343 e. The monoisotopic (exact) mass is 455 g/mol. The van der Waals surface area contributed by atoms with Gasteiger partial charge in [-0.25, -0.2) is 14.8 Å². The third-order valence-corrected chi connectivity index (χ3v) is 7.81. The minimum Gasteiger partial charge on any atom is -0.472 e. The van der Waals surface area contributed by atoms with E-state index in [9.17, 15) is 14.7 Å². The lowest BCUT2D eigenvalue weighted by Gasteiger charge is -2.51. The van der Waals surface area contributed by atoms with Gasteiger partial charge in [0.1, 0.15) is 6.54 Å². The van der Waals surface area contributed by atoms with E-state index in [4.69, 9.17) is 9.15 Å². The Morgan fingerprint density at radius 2 is 1.91 bits per heavy atom. The summed E-state index contributed by atoms with van der Waals surface area (Å²) >= 11 is 0. The van der Waals surface area contributed by atoms with Crippen molar-refractivity contribution in [3.63, 3.8) is 0 Å². The van der Waals surface area contributed by atoms with Crippen molar-refractivity contribution in [1.29, 1.82) is 0 Å². The Kier molecular flexibility index (Phi) is 5.92. The van der Waals surface area contributed by atoms with Gasteiger partial charge >= 0.3 is 5.97 Å². The summed E-state index contributed by atoms with van der Waals surface area (Å²) in [6.07, 6.45) is 11.1.